The summed E-state index contributed by atoms with van der Waals surface area (Å²) in [5.41, 5.74) is 4.85. The van der Waals surface area contributed by atoms with Crippen molar-refractivity contribution in [3.63, 3.8) is 0 Å². The Bertz CT molecular complexity index is 83.1. The Morgan fingerprint density at radius 1 is 1.56 bits per heavy atom. The molecule has 53 valence electrons. The fourth-order valence-corrected chi connectivity index (χ4v) is 0.480. The van der Waals surface area contributed by atoms with Gasteiger partial charge in [0.2, 0.25) is 5.91 Å². The van der Waals surface area contributed by atoms with E-state index in [4.69, 9.17) is 10.8 Å². The lowest BCUT2D eigenvalue weighted by atomic mass is 10.2. The number of unbranched alkanes of at least 4 members (excludes halogenated alkanes) is 2. The molecule has 1 radical (unpaired) electrons. The molecule has 0 aliphatic heterocycles. The molecule has 0 unspecified atom stereocenters. The molecule has 0 rings (SSSR count). The van der Waals surface area contributed by atoms with Gasteiger partial charge in [0.05, 0.1) is 0 Å². The average Bonchev–Trinajstić information content (AvgIpc) is 1.80. The third kappa shape index (κ3) is 7.43. The lowest BCUT2D eigenvalue weighted by Crippen LogP contribution is -2.09. The van der Waals surface area contributed by atoms with Crippen molar-refractivity contribution in [2.45, 2.75) is 19.3 Å². The van der Waals surface area contributed by atoms with E-state index in [9.17, 15) is 4.79 Å². The van der Waals surface area contributed by atoms with Crippen LogP contribution < -0.4 is 5.73 Å². The maximum absolute atomic E-state index is 10.1. The highest BCUT2D eigenvalue weighted by Crippen LogP contribution is 1.95. The van der Waals surface area contributed by atoms with Crippen LogP contribution in [-0.2, 0) is 4.79 Å². The van der Waals surface area contributed by atoms with E-state index in [1.807, 2.05) is 6.42 Å². The third-order valence-corrected chi connectivity index (χ3v) is 0.928. The van der Waals surface area contributed by atoms with Crippen molar-refractivity contribution in [1.82, 2.24) is 0 Å². The number of nitrogens with two attached hydrogens (primary N) is 1. The number of hydrogen-bond acceptors (Lipinski definition) is 2. The van der Waals surface area contributed by atoms with E-state index >= 15 is 0 Å². The molecule has 0 heterocycles. The second-order valence-electron chi connectivity index (χ2n) is 1.81. The van der Waals surface area contributed by atoms with E-state index in [2.05, 4.69) is 0 Å². The van der Waals surface area contributed by atoms with Crippen LogP contribution in [0.2, 0.25) is 0 Å². The Morgan fingerprint density at radius 3 is 2.67 bits per heavy atom. The molecule has 3 nitrogen and oxygen atoms in total. The van der Waals surface area contributed by atoms with Crippen molar-refractivity contribution in [2.75, 3.05) is 6.61 Å². The molecule has 0 aliphatic carbocycles. The van der Waals surface area contributed by atoms with Crippen molar-refractivity contribution < 1.29 is 9.90 Å². The molecule has 0 bridgehead atoms. The Kier molecular flexibility index (Phi) is 5.21. The number of aliphatic hydroxyl groups excluding tert-OH is 1. The van der Waals surface area contributed by atoms with Crippen LogP contribution in [0.5, 0.6) is 0 Å². The van der Waals surface area contributed by atoms with Crippen LogP contribution in [-0.4, -0.2) is 17.6 Å². The molecular weight excluding hydrogens is 118 g/mol. The van der Waals surface area contributed by atoms with Gasteiger partial charge in [0.1, 0.15) is 0 Å². The van der Waals surface area contributed by atoms with Gasteiger partial charge >= 0.3 is 0 Å². The van der Waals surface area contributed by atoms with E-state index in [1.165, 1.54) is 0 Å². The van der Waals surface area contributed by atoms with Crippen molar-refractivity contribution in [1.29, 1.82) is 0 Å². The summed E-state index contributed by atoms with van der Waals surface area (Å²) in [6.07, 6.45) is 3.56. The normalized spacial score (nSPS) is 9.44. The molecule has 0 saturated heterocycles. The van der Waals surface area contributed by atoms with Crippen LogP contribution in [0.15, 0.2) is 0 Å². The van der Waals surface area contributed by atoms with Gasteiger partial charge in [-0.15, -0.1) is 0 Å². The first-order valence-corrected chi connectivity index (χ1v) is 2.98. The Balaban J connectivity index is 2.83. The second-order valence-corrected chi connectivity index (χ2v) is 1.81. The number of aliphatic hydroxyl groups is 1. The van der Waals surface area contributed by atoms with E-state index in [1.54, 1.807) is 0 Å². The Morgan fingerprint density at radius 2 is 2.22 bits per heavy atom. The number of primary amides is 1. The highest BCUT2D eigenvalue weighted by Gasteiger charge is 1.92. The summed E-state index contributed by atoms with van der Waals surface area (Å²) >= 11 is 0. The molecule has 0 atom stereocenters. The monoisotopic (exact) mass is 130 g/mol. The second kappa shape index (κ2) is 5.56. The number of amides is 1. The highest BCUT2D eigenvalue weighted by atomic mass is 16.2. The largest absolute Gasteiger partial charge is 0.396 e. The van der Waals surface area contributed by atoms with Gasteiger partial charge in [-0.1, -0.05) is 0 Å². The lowest BCUT2D eigenvalue weighted by molar-refractivity contribution is -0.118. The van der Waals surface area contributed by atoms with Crippen LogP contribution in [0.3, 0.4) is 0 Å². The standard InChI is InChI=1S/C6H12NO2/c7-6(9)4-2-1-3-5-8/h1,8H,2-5H2,(H2,7,9). The van der Waals surface area contributed by atoms with Gasteiger partial charge in [0, 0.05) is 13.0 Å². The molecule has 0 aromatic rings. The van der Waals surface area contributed by atoms with Gasteiger partial charge in [0.15, 0.2) is 0 Å². The lowest BCUT2D eigenvalue weighted by Gasteiger charge is -1.92. The third-order valence-electron chi connectivity index (χ3n) is 0.928. The molecule has 0 fully saturated rings. The zero-order valence-electron chi connectivity index (χ0n) is 5.34. The SMILES string of the molecule is NC(=O)CC[CH]CCO. The highest BCUT2D eigenvalue weighted by molar-refractivity contribution is 5.73. The molecule has 3 heteroatoms. The summed E-state index contributed by atoms with van der Waals surface area (Å²) < 4.78 is 0. The quantitative estimate of drug-likeness (QED) is 0.508. The van der Waals surface area contributed by atoms with Crippen LogP contribution >= 0.6 is 0 Å². The summed E-state index contributed by atoms with van der Waals surface area (Å²) in [5, 5.41) is 8.28. The fraction of sp³-hybridized carbons (Fsp3) is 0.667. The predicted molar refractivity (Wildman–Crippen MR) is 34.4 cm³/mol. The van der Waals surface area contributed by atoms with Crippen LogP contribution in [0.4, 0.5) is 0 Å². The molecule has 0 saturated carbocycles. The average molecular weight is 130 g/mol. The number of hydrogen-bond donors (Lipinski definition) is 2. The summed E-state index contributed by atoms with van der Waals surface area (Å²) in [4.78, 5) is 10.1. The molecule has 0 aromatic heterocycles. The summed E-state index contributed by atoms with van der Waals surface area (Å²) in [6.45, 7) is 0.152. The number of rotatable bonds is 5. The summed E-state index contributed by atoms with van der Waals surface area (Å²) in [6, 6.07) is 0. The Hall–Kier alpha value is -0.570. The first-order valence-electron chi connectivity index (χ1n) is 2.98. The topological polar surface area (TPSA) is 63.3 Å². The van der Waals surface area contributed by atoms with Gasteiger partial charge in [-0.25, -0.2) is 0 Å². The van der Waals surface area contributed by atoms with Crippen molar-refractivity contribution in [3.05, 3.63) is 6.42 Å². The smallest absolute Gasteiger partial charge is 0.217 e. The van der Waals surface area contributed by atoms with E-state index in [0.717, 1.165) is 0 Å². The fourth-order valence-electron chi connectivity index (χ4n) is 0.480. The molecule has 0 aliphatic rings. The summed E-state index contributed by atoms with van der Waals surface area (Å²) in [5.74, 6) is -0.288. The number of carbonyl (C=O) groups is 1. The summed E-state index contributed by atoms with van der Waals surface area (Å²) in [7, 11) is 0. The Labute approximate surface area is 54.9 Å². The van der Waals surface area contributed by atoms with Crippen LogP contribution in [0, 0.1) is 6.42 Å². The first kappa shape index (κ1) is 8.43. The zero-order chi connectivity index (χ0) is 7.11. The van der Waals surface area contributed by atoms with Crippen molar-refractivity contribution in [3.8, 4) is 0 Å². The van der Waals surface area contributed by atoms with Crippen LogP contribution in [0.1, 0.15) is 19.3 Å². The minimum atomic E-state index is -0.288. The maximum Gasteiger partial charge on any atom is 0.217 e. The predicted octanol–water partition coefficient (Wildman–Crippen LogP) is -0.161. The number of carbonyl (C=O) groups excluding carboxylic acids is 1. The molecule has 1 amide bonds. The minimum Gasteiger partial charge on any atom is -0.396 e. The zero-order valence-corrected chi connectivity index (χ0v) is 5.34. The van der Waals surface area contributed by atoms with Crippen molar-refractivity contribution in [2.24, 2.45) is 5.73 Å². The molecule has 0 spiro atoms. The van der Waals surface area contributed by atoms with E-state index in [0.29, 0.717) is 19.3 Å². The first-order chi connectivity index (χ1) is 4.27. The van der Waals surface area contributed by atoms with E-state index < -0.39 is 0 Å². The van der Waals surface area contributed by atoms with Gasteiger partial charge in [-0.2, -0.15) is 0 Å². The van der Waals surface area contributed by atoms with Gasteiger partial charge in [0.25, 0.3) is 0 Å². The molecule has 9 heavy (non-hydrogen) atoms. The molecule has 0 aromatic carbocycles. The van der Waals surface area contributed by atoms with Crippen molar-refractivity contribution >= 4 is 5.91 Å². The van der Waals surface area contributed by atoms with E-state index in [-0.39, 0.29) is 12.5 Å². The van der Waals surface area contributed by atoms with Gasteiger partial charge in [-0.05, 0) is 19.3 Å². The molecular formula is C6H12NO2. The molecule has 3 N–H and O–H groups in total. The van der Waals surface area contributed by atoms with Crippen LogP contribution in [0.25, 0.3) is 0 Å². The minimum absolute atomic E-state index is 0.152. The van der Waals surface area contributed by atoms with Gasteiger partial charge in [-0.3, -0.25) is 4.79 Å². The van der Waals surface area contributed by atoms with Gasteiger partial charge < -0.3 is 10.8 Å². The maximum atomic E-state index is 10.1.